The molecule has 18 heavy (non-hydrogen) atoms. The number of thioether (sulfide) groups is 1. The maximum absolute atomic E-state index is 12.2. The second-order valence-electron chi connectivity index (χ2n) is 4.80. The van der Waals surface area contributed by atoms with Crippen LogP contribution in [-0.2, 0) is 4.74 Å². The summed E-state index contributed by atoms with van der Waals surface area (Å²) in [5.41, 5.74) is 0.640. The summed E-state index contributed by atoms with van der Waals surface area (Å²) in [6.07, 6.45) is 0. The molecule has 3 heteroatoms. The maximum Gasteiger partial charge on any atom is 0.341 e. The van der Waals surface area contributed by atoms with Gasteiger partial charge in [-0.15, -0.1) is 0 Å². The van der Waals surface area contributed by atoms with Crippen LogP contribution in [0.25, 0.3) is 10.8 Å². The number of cyclic esters (lactones) is 1. The van der Waals surface area contributed by atoms with E-state index in [2.05, 4.69) is 19.9 Å². The molecule has 1 atom stereocenters. The standard InChI is InChI=1S/C15H14O2S/c1-9(2)15-17-14(16)13-11-6-4-3-5-10(11)7-8-12(13)18-15/h3-9,15H,1-2H3. The average molecular weight is 258 g/mol. The number of rotatable bonds is 1. The first kappa shape index (κ1) is 11.6. The summed E-state index contributed by atoms with van der Waals surface area (Å²) in [7, 11) is 0. The van der Waals surface area contributed by atoms with Gasteiger partial charge in [-0.3, -0.25) is 0 Å². The molecule has 2 aromatic carbocycles. The van der Waals surface area contributed by atoms with E-state index in [9.17, 15) is 4.79 Å². The molecule has 1 heterocycles. The van der Waals surface area contributed by atoms with Crippen LogP contribution >= 0.6 is 11.8 Å². The quantitative estimate of drug-likeness (QED) is 0.721. The van der Waals surface area contributed by atoms with Crippen LogP contribution in [0, 0.1) is 5.92 Å². The van der Waals surface area contributed by atoms with Gasteiger partial charge in [-0.25, -0.2) is 4.79 Å². The van der Waals surface area contributed by atoms with Crippen molar-refractivity contribution < 1.29 is 9.53 Å². The molecule has 1 aliphatic rings. The Morgan fingerprint density at radius 3 is 2.72 bits per heavy atom. The number of carbonyl (C=O) groups excluding carboxylic acids is 1. The molecule has 2 nitrogen and oxygen atoms in total. The molecule has 0 saturated heterocycles. The van der Waals surface area contributed by atoms with Crippen molar-refractivity contribution in [2.75, 3.05) is 0 Å². The van der Waals surface area contributed by atoms with Crippen molar-refractivity contribution >= 4 is 28.5 Å². The summed E-state index contributed by atoms with van der Waals surface area (Å²) in [6.45, 7) is 4.13. The van der Waals surface area contributed by atoms with E-state index in [0.29, 0.717) is 5.92 Å². The zero-order chi connectivity index (χ0) is 12.7. The van der Waals surface area contributed by atoms with E-state index in [-0.39, 0.29) is 11.4 Å². The molecule has 0 fully saturated rings. The second kappa shape index (κ2) is 4.32. The summed E-state index contributed by atoms with van der Waals surface area (Å²) in [4.78, 5) is 13.2. The van der Waals surface area contributed by atoms with Gasteiger partial charge in [-0.1, -0.05) is 55.9 Å². The fraction of sp³-hybridized carbons (Fsp3) is 0.267. The van der Waals surface area contributed by atoms with E-state index in [1.165, 1.54) is 0 Å². The third-order valence-corrected chi connectivity index (χ3v) is 4.57. The van der Waals surface area contributed by atoms with Crippen LogP contribution in [-0.4, -0.2) is 11.4 Å². The molecule has 92 valence electrons. The van der Waals surface area contributed by atoms with Gasteiger partial charge in [0.1, 0.15) is 0 Å². The molecular formula is C15H14O2S. The second-order valence-corrected chi connectivity index (χ2v) is 5.94. The van der Waals surface area contributed by atoms with Gasteiger partial charge >= 0.3 is 5.97 Å². The van der Waals surface area contributed by atoms with E-state index in [4.69, 9.17) is 4.74 Å². The lowest BCUT2D eigenvalue weighted by molar-refractivity contribution is 0.0378. The molecule has 0 aromatic heterocycles. The van der Waals surface area contributed by atoms with Crippen molar-refractivity contribution in [2.24, 2.45) is 5.92 Å². The lowest BCUT2D eigenvalue weighted by Gasteiger charge is -2.27. The van der Waals surface area contributed by atoms with Crippen molar-refractivity contribution in [2.45, 2.75) is 24.2 Å². The van der Waals surface area contributed by atoms with Gasteiger partial charge in [-0.2, -0.15) is 0 Å². The average Bonchev–Trinajstić information content (AvgIpc) is 2.37. The van der Waals surface area contributed by atoms with Crippen LogP contribution in [0.4, 0.5) is 0 Å². The third-order valence-electron chi connectivity index (χ3n) is 3.11. The highest BCUT2D eigenvalue weighted by Gasteiger charge is 2.30. The fourth-order valence-corrected chi connectivity index (χ4v) is 3.26. The molecule has 0 N–H and O–H groups in total. The number of benzene rings is 2. The molecule has 3 rings (SSSR count). The van der Waals surface area contributed by atoms with Crippen LogP contribution in [0.5, 0.6) is 0 Å². The predicted octanol–water partition coefficient (Wildman–Crippen LogP) is 4.08. The van der Waals surface area contributed by atoms with E-state index >= 15 is 0 Å². The number of hydrogen-bond acceptors (Lipinski definition) is 3. The minimum absolute atomic E-state index is 0.0776. The summed E-state index contributed by atoms with van der Waals surface area (Å²) in [5, 5.41) is 2.06. The molecular weight excluding hydrogens is 244 g/mol. The molecule has 0 radical (unpaired) electrons. The molecule has 1 unspecified atom stereocenters. The Balaban J connectivity index is 2.18. The highest BCUT2D eigenvalue weighted by Crippen LogP contribution is 2.39. The summed E-state index contributed by atoms with van der Waals surface area (Å²) >= 11 is 1.64. The zero-order valence-corrected chi connectivity index (χ0v) is 11.2. The number of ether oxygens (including phenoxy) is 1. The molecule has 0 saturated carbocycles. The van der Waals surface area contributed by atoms with E-state index < -0.39 is 0 Å². The first-order valence-electron chi connectivity index (χ1n) is 6.06. The van der Waals surface area contributed by atoms with Crippen molar-refractivity contribution in [1.29, 1.82) is 0 Å². The Morgan fingerprint density at radius 1 is 1.17 bits per heavy atom. The fourth-order valence-electron chi connectivity index (χ4n) is 2.15. The highest BCUT2D eigenvalue weighted by molar-refractivity contribution is 8.00. The van der Waals surface area contributed by atoms with Gasteiger partial charge in [0.25, 0.3) is 0 Å². The molecule has 0 spiro atoms. The van der Waals surface area contributed by atoms with Crippen LogP contribution in [0.1, 0.15) is 24.2 Å². The zero-order valence-electron chi connectivity index (χ0n) is 10.3. The van der Waals surface area contributed by atoms with Gasteiger partial charge in [0.15, 0.2) is 5.44 Å². The SMILES string of the molecule is CC(C)C1OC(=O)c2c(ccc3ccccc23)S1. The highest BCUT2D eigenvalue weighted by atomic mass is 32.2. The Bertz CT molecular complexity index is 619. The Morgan fingerprint density at radius 2 is 1.94 bits per heavy atom. The van der Waals surface area contributed by atoms with Gasteiger partial charge in [-0.05, 0) is 16.8 Å². The predicted molar refractivity (Wildman–Crippen MR) is 73.8 cm³/mol. The lowest BCUT2D eigenvalue weighted by atomic mass is 10.0. The van der Waals surface area contributed by atoms with Crippen LogP contribution < -0.4 is 0 Å². The van der Waals surface area contributed by atoms with E-state index in [0.717, 1.165) is 21.2 Å². The van der Waals surface area contributed by atoms with E-state index in [1.807, 2.05) is 30.3 Å². The van der Waals surface area contributed by atoms with Crippen LogP contribution in [0.3, 0.4) is 0 Å². The summed E-state index contributed by atoms with van der Waals surface area (Å²) < 4.78 is 5.51. The van der Waals surface area contributed by atoms with Crippen molar-refractivity contribution in [3.63, 3.8) is 0 Å². The first-order chi connectivity index (χ1) is 8.66. The van der Waals surface area contributed by atoms with E-state index in [1.54, 1.807) is 11.8 Å². The van der Waals surface area contributed by atoms with Gasteiger partial charge < -0.3 is 4.74 Å². The van der Waals surface area contributed by atoms with Crippen LogP contribution in [0.2, 0.25) is 0 Å². The van der Waals surface area contributed by atoms with Gasteiger partial charge in [0, 0.05) is 10.8 Å². The minimum atomic E-state index is -0.195. The van der Waals surface area contributed by atoms with Crippen molar-refractivity contribution in [3.05, 3.63) is 42.0 Å². The number of fused-ring (bicyclic) bond motifs is 3. The van der Waals surface area contributed by atoms with Gasteiger partial charge in [0.05, 0.1) is 5.56 Å². The first-order valence-corrected chi connectivity index (χ1v) is 6.94. The Labute approximate surface area is 110 Å². The largest absolute Gasteiger partial charge is 0.447 e. The summed E-state index contributed by atoms with van der Waals surface area (Å²) in [6, 6.07) is 12.0. The Kier molecular flexibility index (Phi) is 2.78. The Hall–Kier alpha value is -1.48. The lowest BCUT2D eigenvalue weighted by Crippen LogP contribution is -2.25. The normalized spacial score (nSPS) is 18.8. The van der Waals surface area contributed by atoms with Gasteiger partial charge in [0.2, 0.25) is 0 Å². The van der Waals surface area contributed by atoms with Crippen molar-refractivity contribution in [3.8, 4) is 0 Å². The number of hydrogen-bond donors (Lipinski definition) is 0. The molecule has 0 bridgehead atoms. The monoisotopic (exact) mass is 258 g/mol. The molecule has 0 aliphatic carbocycles. The van der Waals surface area contributed by atoms with Crippen LogP contribution in [0.15, 0.2) is 41.3 Å². The van der Waals surface area contributed by atoms with Crippen molar-refractivity contribution in [1.82, 2.24) is 0 Å². The number of carbonyl (C=O) groups is 1. The molecule has 2 aromatic rings. The third kappa shape index (κ3) is 1.79. The number of esters is 1. The summed E-state index contributed by atoms with van der Waals surface area (Å²) in [5.74, 6) is 0.123. The smallest absolute Gasteiger partial charge is 0.341 e. The minimum Gasteiger partial charge on any atom is -0.447 e. The molecule has 0 amide bonds. The molecule has 1 aliphatic heterocycles. The maximum atomic E-state index is 12.2. The topological polar surface area (TPSA) is 26.3 Å².